The number of ether oxygens (including phenoxy) is 1. The van der Waals surface area contributed by atoms with E-state index in [1.807, 2.05) is 30.3 Å². The van der Waals surface area contributed by atoms with E-state index in [1.165, 1.54) is 4.31 Å². The number of sulfonamides is 1. The van der Waals surface area contributed by atoms with Gasteiger partial charge in [-0.05, 0) is 54.8 Å². The molecule has 7 heteroatoms. The Labute approximate surface area is 160 Å². The second kappa shape index (κ2) is 7.07. The lowest BCUT2D eigenvalue weighted by Crippen LogP contribution is -2.52. The van der Waals surface area contributed by atoms with Gasteiger partial charge >= 0.3 is 0 Å². The molecular weight excluding hydrogens is 364 g/mol. The van der Waals surface area contributed by atoms with E-state index in [-0.39, 0.29) is 0 Å². The lowest BCUT2D eigenvalue weighted by atomic mass is 9.87. The molecule has 2 aromatic carbocycles. The summed E-state index contributed by atoms with van der Waals surface area (Å²) in [4.78, 5) is 6.13. The number of piperidine rings is 1. The van der Waals surface area contributed by atoms with Gasteiger partial charge in [-0.25, -0.2) is 0 Å². The molecule has 2 atom stereocenters. The van der Waals surface area contributed by atoms with Crippen molar-refractivity contribution < 1.29 is 18.3 Å². The fourth-order valence-electron chi connectivity index (χ4n) is 3.68. The van der Waals surface area contributed by atoms with Crippen LogP contribution in [0.25, 0.3) is 0 Å². The van der Waals surface area contributed by atoms with Gasteiger partial charge in [0.25, 0.3) is 0 Å². The molecule has 2 unspecified atom stereocenters. The van der Waals surface area contributed by atoms with E-state index in [4.69, 9.17) is 9.57 Å². The molecule has 1 saturated heterocycles. The molecule has 0 bridgehead atoms. The molecule has 0 radical (unpaired) electrons. The predicted octanol–water partition coefficient (Wildman–Crippen LogP) is 3.26. The fourth-order valence-corrected chi connectivity index (χ4v) is 5.26. The van der Waals surface area contributed by atoms with Crippen LogP contribution in [-0.4, -0.2) is 40.4 Å². The first kappa shape index (κ1) is 18.2. The Balaban J connectivity index is 1.51. The lowest BCUT2D eigenvalue weighted by molar-refractivity contribution is -0.0533. The van der Waals surface area contributed by atoms with Crippen molar-refractivity contribution in [3.05, 3.63) is 60.2 Å². The van der Waals surface area contributed by atoms with Crippen molar-refractivity contribution in [2.24, 2.45) is 5.16 Å². The van der Waals surface area contributed by atoms with E-state index >= 15 is 0 Å². The fraction of sp³-hybridized carbons (Fsp3) is 0.350. The summed E-state index contributed by atoms with van der Waals surface area (Å²) in [6.45, 7) is 0.813. The highest BCUT2D eigenvalue weighted by Crippen LogP contribution is 2.38. The summed E-state index contributed by atoms with van der Waals surface area (Å²) in [6, 6.07) is 16.2. The number of benzene rings is 2. The van der Waals surface area contributed by atoms with E-state index in [9.17, 15) is 8.76 Å². The Kier molecular flexibility index (Phi) is 4.75. The zero-order chi connectivity index (χ0) is 18.9. The molecule has 27 heavy (non-hydrogen) atoms. The third-order valence-electron chi connectivity index (χ3n) is 5.15. The number of hydrogen-bond acceptors (Lipinski definition) is 5. The van der Waals surface area contributed by atoms with Gasteiger partial charge in [0.15, 0.2) is 20.9 Å². The molecule has 142 valence electrons. The van der Waals surface area contributed by atoms with Crippen LogP contribution in [0.3, 0.4) is 0 Å². The number of oxime groups is 1. The highest BCUT2D eigenvalue weighted by molar-refractivity contribution is 7.95. The maximum absolute atomic E-state index is 13.0. The monoisotopic (exact) mass is 386 g/mol. The first-order chi connectivity index (χ1) is 13.0. The highest BCUT2D eigenvalue weighted by atomic mass is 32.3. The van der Waals surface area contributed by atoms with Crippen LogP contribution in [-0.2, 0) is 19.4 Å². The second-order valence-corrected chi connectivity index (χ2v) is 8.91. The topological polar surface area (TPSA) is 74.2 Å². The summed E-state index contributed by atoms with van der Waals surface area (Å²) in [5.74, 6) is 0.783. The van der Waals surface area contributed by atoms with Gasteiger partial charge < -0.3 is 14.1 Å². The highest BCUT2D eigenvalue weighted by Gasteiger charge is 2.48. The van der Waals surface area contributed by atoms with Gasteiger partial charge in [-0.15, -0.1) is 4.31 Å². The van der Waals surface area contributed by atoms with Crippen molar-refractivity contribution in [1.29, 1.82) is 0 Å². The van der Waals surface area contributed by atoms with Gasteiger partial charge in [0.1, 0.15) is 5.75 Å². The summed E-state index contributed by atoms with van der Waals surface area (Å²) in [6.07, 6.45) is 2.13. The van der Waals surface area contributed by atoms with Crippen LogP contribution >= 0.6 is 0 Å². The summed E-state index contributed by atoms with van der Waals surface area (Å²) in [5, 5.41) is 4.28. The van der Waals surface area contributed by atoms with Crippen molar-refractivity contribution in [3.63, 3.8) is 0 Å². The van der Waals surface area contributed by atoms with Gasteiger partial charge in [-0.2, -0.15) is 0 Å². The van der Waals surface area contributed by atoms with Crippen molar-refractivity contribution >= 4 is 16.1 Å². The van der Waals surface area contributed by atoms with Crippen molar-refractivity contribution in [3.8, 4) is 5.75 Å². The molecule has 0 saturated carbocycles. The number of methoxy groups -OCH3 is 1. The molecule has 2 heterocycles. The standard InChI is InChI=1S/C20H22N2O4S/c1-25-17-10-8-16(9-11-17)19-14-20(26-21-19)12-5-13-22(15-20)27(23,24)18-6-3-2-4-7-18/h2-4,6-11H,5,12-15H2,1H3. The molecule has 1 fully saturated rings. The molecule has 0 amide bonds. The van der Waals surface area contributed by atoms with Crippen molar-refractivity contribution in [2.75, 3.05) is 20.2 Å². The molecule has 4 rings (SSSR count). The Morgan fingerprint density at radius 3 is 2.63 bits per heavy atom. The molecule has 2 aliphatic heterocycles. The smallest absolute Gasteiger partial charge is 0.175 e. The zero-order valence-electron chi connectivity index (χ0n) is 15.2. The Hall–Kier alpha value is -2.22. The van der Waals surface area contributed by atoms with Gasteiger partial charge in [-0.1, -0.05) is 27.6 Å². The molecule has 2 aromatic rings. The van der Waals surface area contributed by atoms with Crippen LogP contribution in [0.5, 0.6) is 5.75 Å². The van der Waals surface area contributed by atoms with Crippen molar-refractivity contribution in [2.45, 2.75) is 29.8 Å². The molecule has 0 N–H and O–H groups in total. The van der Waals surface area contributed by atoms with Crippen LogP contribution in [0.15, 0.2) is 64.6 Å². The van der Waals surface area contributed by atoms with E-state index in [1.54, 1.807) is 31.4 Å². The summed E-state index contributed by atoms with van der Waals surface area (Å²) >= 11 is 0. The minimum absolute atomic E-state index is 0.313. The lowest BCUT2D eigenvalue weighted by Gasteiger charge is -2.38. The second-order valence-electron chi connectivity index (χ2n) is 6.97. The van der Waals surface area contributed by atoms with E-state index in [2.05, 4.69) is 5.16 Å². The maximum Gasteiger partial charge on any atom is 0.175 e. The zero-order valence-corrected chi connectivity index (χ0v) is 16.0. The van der Waals surface area contributed by atoms with Crippen LogP contribution in [0.4, 0.5) is 0 Å². The predicted molar refractivity (Wildman–Crippen MR) is 102 cm³/mol. The minimum atomic E-state index is -3.53. The molecule has 0 aromatic heterocycles. The van der Waals surface area contributed by atoms with Gasteiger partial charge in [0.05, 0.1) is 19.4 Å². The molecule has 2 aliphatic rings. The normalized spacial score (nSPS) is 24.9. The van der Waals surface area contributed by atoms with E-state index in [0.717, 1.165) is 29.9 Å². The molecule has 0 aliphatic carbocycles. The SMILES string of the molecule is COc1ccc(C2=NOC3(CCCN([S+](=O)([O-])c4ccccc4)C3)C2)cc1. The quantitative estimate of drug-likeness (QED) is 0.756. The van der Waals surface area contributed by atoms with E-state index < -0.39 is 16.0 Å². The van der Waals surface area contributed by atoms with Crippen LogP contribution < -0.4 is 4.74 Å². The summed E-state index contributed by atoms with van der Waals surface area (Å²) in [5.41, 5.74) is 1.22. The van der Waals surface area contributed by atoms with E-state index in [0.29, 0.717) is 24.4 Å². The first-order valence-electron chi connectivity index (χ1n) is 8.97. The van der Waals surface area contributed by atoms with Crippen molar-refractivity contribution in [1.82, 2.24) is 4.31 Å². The average Bonchev–Trinajstić information content (AvgIpc) is 3.12. The summed E-state index contributed by atoms with van der Waals surface area (Å²) < 4.78 is 32.7. The third-order valence-corrected chi connectivity index (χ3v) is 7.01. The minimum Gasteiger partial charge on any atom is -0.593 e. The number of nitrogens with zero attached hydrogens (tertiary/aromatic N) is 2. The molecule has 1 spiro atoms. The summed E-state index contributed by atoms with van der Waals surface area (Å²) in [7, 11) is -1.90. The Morgan fingerprint density at radius 2 is 1.93 bits per heavy atom. The average molecular weight is 386 g/mol. The Bertz CT molecular complexity index is 885. The molecule has 6 nitrogen and oxygen atoms in total. The Morgan fingerprint density at radius 1 is 1.19 bits per heavy atom. The van der Waals surface area contributed by atoms with Gasteiger partial charge in [0, 0.05) is 13.0 Å². The number of rotatable bonds is 4. The molecular formula is C20H22N2O4S. The number of hydrogen-bond donors (Lipinski definition) is 0. The van der Waals surface area contributed by atoms with Crippen LogP contribution in [0.2, 0.25) is 0 Å². The van der Waals surface area contributed by atoms with Crippen LogP contribution in [0, 0.1) is 0 Å². The maximum atomic E-state index is 13.0. The third kappa shape index (κ3) is 3.50. The largest absolute Gasteiger partial charge is 0.593 e. The van der Waals surface area contributed by atoms with Gasteiger partial charge in [0.2, 0.25) is 0 Å². The van der Waals surface area contributed by atoms with Crippen LogP contribution in [0.1, 0.15) is 24.8 Å². The van der Waals surface area contributed by atoms with Gasteiger partial charge in [-0.3, -0.25) is 0 Å². The first-order valence-corrected chi connectivity index (χ1v) is 10.4.